The molecule has 0 heterocycles. The maximum absolute atomic E-state index is 12.2. The van der Waals surface area contributed by atoms with Gasteiger partial charge in [-0.15, -0.1) is 0 Å². The molecule has 4 nitrogen and oxygen atoms in total. The highest BCUT2D eigenvalue weighted by Crippen LogP contribution is 2.27. The van der Waals surface area contributed by atoms with Gasteiger partial charge in [-0.25, -0.2) is 0 Å². The lowest BCUT2D eigenvalue weighted by molar-refractivity contribution is -0.160. The first-order valence-electron chi connectivity index (χ1n) is 7.37. The summed E-state index contributed by atoms with van der Waals surface area (Å²) in [6, 6.07) is 14.1. The van der Waals surface area contributed by atoms with Gasteiger partial charge in [0.2, 0.25) is 0 Å². The monoisotopic (exact) mass is 372 g/mol. The highest BCUT2D eigenvalue weighted by molar-refractivity contribution is 6.33. The number of rotatable bonds is 6. The molecule has 0 spiro atoms. The Morgan fingerprint density at radius 2 is 1.84 bits per heavy atom. The third-order valence-electron chi connectivity index (χ3n) is 3.29. The lowest BCUT2D eigenvalue weighted by atomic mass is 10.2. The van der Waals surface area contributed by atoms with Gasteiger partial charge in [0.05, 0.1) is 17.1 Å². The Morgan fingerprint density at radius 1 is 1.16 bits per heavy atom. The molecular weight excluding hydrogens is 357 g/mol. The van der Waals surface area contributed by atoms with Gasteiger partial charge in [0.1, 0.15) is 6.10 Å². The number of nitrogens with one attached hydrogen (secondary N) is 2. The normalized spacial score (nSPS) is 12.5. The molecule has 25 heavy (non-hydrogen) atoms. The van der Waals surface area contributed by atoms with Gasteiger partial charge in [-0.05, 0) is 23.8 Å². The van der Waals surface area contributed by atoms with E-state index >= 15 is 0 Å². The van der Waals surface area contributed by atoms with Crippen molar-refractivity contribution in [1.82, 2.24) is 0 Å². The zero-order valence-corrected chi connectivity index (χ0v) is 13.7. The summed E-state index contributed by atoms with van der Waals surface area (Å²) in [5, 5.41) is 14.9. The van der Waals surface area contributed by atoms with E-state index in [1.165, 1.54) is 12.1 Å². The first kappa shape index (κ1) is 19.1. The van der Waals surface area contributed by atoms with Crippen LogP contribution in [0.25, 0.3) is 0 Å². The summed E-state index contributed by atoms with van der Waals surface area (Å²) in [6.07, 6.45) is -8.40. The van der Waals surface area contributed by atoms with Gasteiger partial charge in [0, 0.05) is 12.2 Å². The second-order valence-electron chi connectivity index (χ2n) is 5.36. The molecule has 0 bridgehead atoms. The summed E-state index contributed by atoms with van der Waals surface area (Å²) in [5.41, 5.74) is 1.85. The summed E-state index contributed by atoms with van der Waals surface area (Å²) < 4.78 is 36.5. The number of alkyl halides is 3. The van der Waals surface area contributed by atoms with E-state index in [-0.39, 0.29) is 5.69 Å². The largest absolute Gasteiger partial charge is 0.392 e. The van der Waals surface area contributed by atoms with Gasteiger partial charge in [0.15, 0.2) is 0 Å². The summed E-state index contributed by atoms with van der Waals surface area (Å²) in [6.45, 7) is 0.538. The van der Waals surface area contributed by atoms with Crippen LogP contribution in [-0.4, -0.2) is 23.3 Å². The standard InChI is InChI=1S/C17H16ClF3N2O2/c18-13-8-12(23-16(25)15(24)9-17(19,20)21)6-7-14(13)22-10-11-4-2-1-3-5-11/h1-8,15,22,24H,9-10H2,(H,23,25). The zero-order valence-electron chi connectivity index (χ0n) is 13.0. The molecule has 1 atom stereocenters. The smallest absolute Gasteiger partial charge is 0.383 e. The number of carbonyl (C=O) groups excluding carboxylic acids is 1. The predicted octanol–water partition coefficient (Wildman–Crippen LogP) is 4.20. The number of aliphatic hydroxyl groups is 1. The average Bonchev–Trinajstić information content (AvgIpc) is 2.53. The molecule has 3 N–H and O–H groups in total. The fourth-order valence-corrected chi connectivity index (χ4v) is 2.31. The van der Waals surface area contributed by atoms with Crippen LogP contribution in [0.3, 0.4) is 0 Å². The van der Waals surface area contributed by atoms with E-state index in [0.29, 0.717) is 17.3 Å². The number of amides is 1. The Morgan fingerprint density at radius 3 is 2.44 bits per heavy atom. The minimum Gasteiger partial charge on any atom is -0.383 e. The van der Waals surface area contributed by atoms with Crippen molar-refractivity contribution in [3.8, 4) is 0 Å². The molecule has 0 saturated carbocycles. The number of hydrogen-bond donors (Lipinski definition) is 3. The minimum absolute atomic E-state index is 0.196. The van der Waals surface area contributed by atoms with E-state index in [9.17, 15) is 23.1 Å². The molecule has 0 aliphatic rings. The van der Waals surface area contributed by atoms with Gasteiger partial charge >= 0.3 is 6.18 Å². The Balaban J connectivity index is 1.95. The van der Waals surface area contributed by atoms with Crippen molar-refractivity contribution < 1.29 is 23.1 Å². The van der Waals surface area contributed by atoms with Crippen LogP contribution in [0.4, 0.5) is 24.5 Å². The van der Waals surface area contributed by atoms with Crippen molar-refractivity contribution in [3.05, 3.63) is 59.1 Å². The summed E-state index contributed by atoms with van der Waals surface area (Å²) in [4.78, 5) is 11.6. The Labute approximate surface area is 147 Å². The number of carbonyl (C=O) groups is 1. The first-order chi connectivity index (χ1) is 11.7. The lowest BCUT2D eigenvalue weighted by Crippen LogP contribution is -2.32. The SMILES string of the molecule is O=C(Nc1ccc(NCc2ccccc2)c(Cl)c1)C(O)CC(F)(F)F. The van der Waals surface area contributed by atoms with Crippen LogP contribution >= 0.6 is 11.6 Å². The summed E-state index contributed by atoms with van der Waals surface area (Å²) >= 11 is 6.11. The molecule has 0 aliphatic carbocycles. The molecule has 0 aromatic heterocycles. The van der Waals surface area contributed by atoms with Crippen LogP contribution in [0.5, 0.6) is 0 Å². The predicted molar refractivity (Wildman–Crippen MR) is 90.5 cm³/mol. The number of benzene rings is 2. The van der Waals surface area contributed by atoms with Crippen molar-refractivity contribution in [2.24, 2.45) is 0 Å². The van der Waals surface area contributed by atoms with Crippen LogP contribution in [0.1, 0.15) is 12.0 Å². The van der Waals surface area contributed by atoms with Gasteiger partial charge in [-0.2, -0.15) is 13.2 Å². The third kappa shape index (κ3) is 6.28. The Bertz CT molecular complexity index is 724. The minimum atomic E-state index is -4.63. The third-order valence-corrected chi connectivity index (χ3v) is 3.60. The van der Waals surface area contributed by atoms with Crippen molar-refractivity contribution in [2.45, 2.75) is 25.2 Å². The molecular formula is C17H16ClF3N2O2. The molecule has 1 amide bonds. The molecule has 0 saturated heterocycles. The molecule has 2 rings (SSSR count). The van der Waals surface area contributed by atoms with Crippen LogP contribution in [0, 0.1) is 0 Å². The fraction of sp³-hybridized carbons (Fsp3) is 0.235. The molecule has 1 unspecified atom stereocenters. The summed E-state index contributed by atoms with van der Waals surface area (Å²) in [5.74, 6) is -1.14. The topological polar surface area (TPSA) is 61.4 Å². The van der Waals surface area contributed by atoms with Crippen molar-refractivity contribution in [2.75, 3.05) is 10.6 Å². The maximum atomic E-state index is 12.2. The maximum Gasteiger partial charge on any atom is 0.392 e. The van der Waals surface area contributed by atoms with E-state index in [4.69, 9.17) is 11.6 Å². The molecule has 0 aliphatic heterocycles. The van der Waals surface area contributed by atoms with Gasteiger partial charge < -0.3 is 15.7 Å². The number of hydrogen-bond acceptors (Lipinski definition) is 3. The second-order valence-corrected chi connectivity index (χ2v) is 5.77. The van der Waals surface area contributed by atoms with E-state index in [2.05, 4.69) is 10.6 Å². The molecule has 2 aromatic carbocycles. The van der Waals surface area contributed by atoms with E-state index < -0.39 is 24.6 Å². The lowest BCUT2D eigenvalue weighted by Gasteiger charge is -2.14. The Kier molecular flexibility index (Phi) is 6.27. The van der Waals surface area contributed by atoms with Gasteiger partial charge in [0.25, 0.3) is 5.91 Å². The van der Waals surface area contributed by atoms with E-state index in [0.717, 1.165) is 5.56 Å². The van der Waals surface area contributed by atoms with Gasteiger partial charge in [-0.1, -0.05) is 41.9 Å². The fourth-order valence-electron chi connectivity index (χ4n) is 2.07. The van der Waals surface area contributed by atoms with Crippen molar-refractivity contribution >= 4 is 28.9 Å². The quantitative estimate of drug-likeness (QED) is 0.712. The molecule has 8 heteroatoms. The van der Waals surface area contributed by atoms with Gasteiger partial charge in [-0.3, -0.25) is 4.79 Å². The molecule has 2 aromatic rings. The van der Waals surface area contributed by atoms with Crippen molar-refractivity contribution in [3.63, 3.8) is 0 Å². The second kappa shape index (κ2) is 8.22. The Hall–Kier alpha value is -2.25. The molecule has 134 valence electrons. The molecule has 0 fully saturated rings. The summed E-state index contributed by atoms with van der Waals surface area (Å²) in [7, 11) is 0. The number of halogens is 4. The highest BCUT2D eigenvalue weighted by Gasteiger charge is 2.34. The van der Waals surface area contributed by atoms with Crippen molar-refractivity contribution in [1.29, 1.82) is 0 Å². The van der Waals surface area contributed by atoms with E-state index in [1.807, 2.05) is 30.3 Å². The zero-order chi connectivity index (χ0) is 18.4. The molecule has 0 radical (unpaired) electrons. The highest BCUT2D eigenvalue weighted by atomic mass is 35.5. The number of aliphatic hydroxyl groups excluding tert-OH is 1. The van der Waals surface area contributed by atoms with Crippen LogP contribution < -0.4 is 10.6 Å². The van der Waals surface area contributed by atoms with Crippen LogP contribution in [0.2, 0.25) is 5.02 Å². The average molecular weight is 373 g/mol. The van der Waals surface area contributed by atoms with E-state index in [1.54, 1.807) is 6.07 Å². The number of anilines is 2. The van der Waals surface area contributed by atoms with Crippen LogP contribution in [0.15, 0.2) is 48.5 Å². The first-order valence-corrected chi connectivity index (χ1v) is 7.75. The van der Waals surface area contributed by atoms with Crippen LogP contribution in [-0.2, 0) is 11.3 Å².